The van der Waals surface area contributed by atoms with E-state index >= 15 is 0 Å². The number of likely N-dealkylation sites (tertiary alicyclic amines) is 1. The van der Waals surface area contributed by atoms with E-state index in [2.05, 4.69) is 18.8 Å². The Morgan fingerprint density at radius 3 is 2.68 bits per heavy atom. The molecule has 1 aromatic carbocycles. The topological polar surface area (TPSA) is 40.5 Å². The molecular formula is C16H19NO2. The standard InChI is InChI=1S/C16H19NO2/c1-13-10-16(19)17(11-13)12-15-7-5-14(6-8-15)4-2-3-9-18/h5-8,13,18H,3,9-12H2,1H3. The van der Waals surface area contributed by atoms with Crippen LogP contribution >= 0.6 is 0 Å². The van der Waals surface area contributed by atoms with Crippen molar-refractivity contribution in [3.05, 3.63) is 35.4 Å². The average molecular weight is 257 g/mol. The van der Waals surface area contributed by atoms with E-state index < -0.39 is 0 Å². The highest BCUT2D eigenvalue weighted by atomic mass is 16.2. The maximum absolute atomic E-state index is 11.7. The number of carbonyl (C=O) groups is 1. The van der Waals surface area contributed by atoms with E-state index in [1.165, 1.54) is 0 Å². The van der Waals surface area contributed by atoms with Crippen LogP contribution in [0.15, 0.2) is 24.3 Å². The van der Waals surface area contributed by atoms with Crippen LogP contribution in [0.3, 0.4) is 0 Å². The molecule has 0 spiro atoms. The van der Waals surface area contributed by atoms with Crippen molar-refractivity contribution in [1.29, 1.82) is 0 Å². The molecule has 100 valence electrons. The van der Waals surface area contributed by atoms with E-state index in [4.69, 9.17) is 5.11 Å². The minimum atomic E-state index is 0.0976. The quantitative estimate of drug-likeness (QED) is 0.839. The van der Waals surface area contributed by atoms with Gasteiger partial charge in [-0.3, -0.25) is 4.79 Å². The zero-order chi connectivity index (χ0) is 13.7. The lowest BCUT2D eigenvalue weighted by molar-refractivity contribution is -0.128. The van der Waals surface area contributed by atoms with Crippen LogP contribution in [0.2, 0.25) is 0 Å². The van der Waals surface area contributed by atoms with Crippen LogP contribution in [-0.4, -0.2) is 29.1 Å². The van der Waals surface area contributed by atoms with Gasteiger partial charge in [-0.1, -0.05) is 30.9 Å². The number of nitrogens with zero attached hydrogens (tertiary/aromatic N) is 1. The van der Waals surface area contributed by atoms with Gasteiger partial charge in [0.15, 0.2) is 0 Å². The van der Waals surface area contributed by atoms with Gasteiger partial charge >= 0.3 is 0 Å². The van der Waals surface area contributed by atoms with Gasteiger partial charge in [0.1, 0.15) is 0 Å². The van der Waals surface area contributed by atoms with Crippen LogP contribution in [0.25, 0.3) is 0 Å². The molecule has 1 unspecified atom stereocenters. The number of hydrogen-bond donors (Lipinski definition) is 1. The number of amides is 1. The Kier molecular flexibility index (Phi) is 4.59. The summed E-state index contributed by atoms with van der Waals surface area (Å²) in [7, 11) is 0. The predicted molar refractivity (Wildman–Crippen MR) is 74.2 cm³/mol. The molecule has 3 nitrogen and oxygen atoms in total. The highest BCUT2D eigenvalue weighted by Gasteiger charge is 2.25. The molecule has 19 heavy (non-hydrogen) atoms. The van der Waals surface area contributed by atoms with Crippen molar-refractivity contribution in [1.82, 2.24) is 4.90 Å². The van der Waals surface area contributed by atoms with Crippen molar-refractivity contribution >= 4 is 5.91 Å². The molecule has 0 aliphatic carbocycles. The van der Waals surface area contributed by atoms with Crippen LogP contribution < -0.4 is 0 Å². The molecule has 2 rings (SSSR count). The van der Waals surface area contributed by atoms with E-state index in [9.17, 15) is 4.79 Å². The second-order valence-corrected chi connectivity index (χ2v) is 5.06. The third-order valence-electron chi connectivity index (χ3n) is 3.20. The SMILES string of the molecule is CC1CC(=O)N(Cc2ccc(C#CCCO)cc2)C1. The molecule has 1 saturated heterocycles. The Morgan fingerprint density at radius 1 is 1.37 bits per heavy atom. The maximum Gasteiger partial charge on any atom is 0.223 e. The van der Waals surface area contributed by atoms with Gasteiger partial charge < -0.3 is 10.0 Å². The van der Waals surface area contributed by atoms with Crippen LogP contribution in [0.4, 0.5) is 0 Å². The van der Waals surface area contributed by atoms with Crippen LogP contribution in [0.1, 0.15) is 30.9 Å². The fraction of sp³-hybridized carbons (Fsp3) is 0.438. The minimum Gasteiger partial charge on any atom is -0.395 e. The summed E-state index contributed by atoms with van der Waals surface area (Å²) in [4.78, 5) is 13.6. The molecule has 1 atom stereocenters. The second kappa shape index (κ2) is 6.40. The highest BCUT2D eigenvalue weighted by Crippen LogP contribution is 2.19. The van der Waals surface area contributed by atoms with Gasteiger partial charge in [-0.25, -0.2) is 0 Å². The third kappa shape index (κ3) is 3.84. The molecule has 1 fully saturated rings. The van der Waals surface area contributed by atoms with Gasteiger partial charge in [0.2, 0.25) is 5.91 Å². The van der Waals surface area contributed by atoms with Crippen molar-refractivity contribution in [3.8, 4) is 11.8 Å². The molecule has 1 aliphatic rings. The second-order valence-electron chi connectivity index (χ2n) is 5.06. The van der Waals surface area contributed by atoms with Gasteiger partial charge in [-0.15, -0.1) is 0 Å². The average Bonchev–Trinajstić information content (AvgIpc) is 2.70. The van der Waals surface area contributed by atoms with Gasteiger partial charge in [-0.05, 0) is 23.6 Å². The first-order valence-electron chi connectivity index (χ1n) is 6.65. The summed E-state index contributed by atoms with van der Waals surface area (Å²) >= 11 is 0. The molecule has 1 aromatic rings. The fourth-order valence-corrected chi connectivity index (χ4v) is 2.26. The van der Waals surface area contributed by atoms with Gasteiger partial charge in [-0.2, -0.15) is 0 Å². The molecule has 0 bridgehead atoms. The third-order valence-corrected chi connectivity index (χ3v) is 3.20. The monoisotopic (exact) mass is 257 g/mol. The van der Waals surface area contributed by atoms with Gasteiger partial charge in [0.05, 0.1) is 6.61 Å². The van der Waals surface area contributed by atoms with Crippen LogP contribution in [-0.2, 0) is 11.3 Å². The molecule has 0 saturated carbocycles. The summed E-state index contributed by atoms with van der Waals surface area (Å²) in [5, 5.41) is 8.65. The Morgan fingerprint density at radius 2 is 2.11 bits per heavy atom. The van der Waals surface area contributed by atoms with Crippen molar-refractivity contribution < 1.29 is 9.90 Å². The van der Waals surface area contributed by atoms with E-state index in [0.29, 0.717) is 25.3 Å². The highest BCUT2D eigenvalue weighted by molar-refractivity contribution is 5.78. The van der Waals surface area contributed by atoms with Crippen molar-refractivity contribution in [3.63, 3.8) is 0 Å². The number of hydrogen-bond acceptors (Lipinski definition) is 2. The summed E-state index contributed by atoms with van der Waals surface area (Å²) in [6.45, 7) is 3.75. The Bertz CT molecular complexity index is 496. The number of aliphatic hydroxyl groups is 1. The molecule has 0 radical (unpaired) electrons. The first kappa shape index (κ1) is 13.6. The number of benzene rings is 1. The molecule has 3 heteroatoms. The summed E-state index contributed by atoms with van der Waals surface area (Å²) in [6.07, 6.45) is 1.17. The van der Waals surface area contributed by atoms with E-state index in [-0.39, 0.29) is 12.5 Å². The number of rotatable bonds is 3. The summed E-state index contributed by atoms with van der Waals surface area (Å²) in [6, 6.07) is 7.95. The number of carbonyl (C=O) groups excluding carboxylic acids is 1. The zero-order valence-electron chi connectivity index (χ0n) is 11.2. The normalized spacial score (nSPS) is 18.3. The summed E-state index contributed by atoms with van der Waals surface area (Å²) < 4.78 is 0. The van der Waals surface area contributed by atoms with E-state index in [1.807, 2.05) is 29.2 Å². The van der Waals surface area contributed by atoms with Gasteiger partial charge in [0, 0.05) is 31.5 Å². The predicted octanol–water partition coefficient (Wildman–Crippen LogP) is 1.79. The molecule has 1 amide bonds. The first-order valence-corrected chi connectivity index (χ1v) is 6.65. The maximum atomic E-state index is 11.7. The smallest absolute Gasteiger partial charge is 0.223 e. The Hall–Kier alpha value is -1.79. The number of aliphatic hydroxyl groups excluding tert-OH is 1. The summed E-state index contributed by atoms with van der Waals surface area (Å²) in [5.41, 5.74) is 2.08. The molecule has 1 heterocycles. The molecule has 1 aliphatic heterocycles. The minimum absolute atomic E-state index is 0.0976. The first-order chi connectivity index (χ1) is 9.19. The molecular weight excluding hydrogens is 238 g/mol. The van der Waals surface area contributed by atoms with Crippen molar-refractivity contribution in [2.45, 2.75) is 26.3 Å². The molecule has 0 aromatic heterocycles. The summed E-state index contributed by atoms with van der Waals surface area (Å²) in [5.74, 6) is 6.60. The Balaban J connectivity index is 1.96. The molecule has 1 N–H and O–H groups in total. The van der Waals surface area contributed by atoms with Crippen molar-refractivity contribution in [2.75, 3.05) is 13.2 Å². The van der Waals surface area contributed by atoms with Crippen LogP contribution in [0.5, 0.6) is 0 Å². The van der Waals surface area contributed by atoms with Crippen molar-refractivity contribution in [2.24, 2.45) is 5.92 Å². The largest absolute Gasteiger partial charge is 0.395 e. The van der Waals surface area contributed by atoms with Crippen LogP contribution in [0, 0.1) is 17.8 Å². The zero-order valence-corrected chi connectivity index (χ0v) is 11.2. The lowest BCUT2D eigenvalue weighted by atomic mass is 10.1. The lowest BCUT2D eigenvalue weighted by Crippen LogP contribution is -2.24. The van der Waals surface area contributed by atoms with E-state index in [1.54, 1.807) is 0 Å². The fourth-order valence-electron chi connectivity index (χ4n) is 2.26. The van der Waals surface area contributed by atoms with Gasteiger partial charge in [0.25, 0.3) is 0 Å². The van der Waals surface area contributed by atoms with E-state index in [0.717, 1.165) is 17.7 Å². The lowest BCUT2D eigenvalue weighted by Gasteiger charge is -2.16. The Labute approximate surface area is 114 Å².